The van der Waals surface area contributed by atoms with E-state index >= 15 is 0 Å². The molecule has 1 aliphatic rings. The second-order valence-electron chi connectivity index (χ2n) is 4.34. The lowest BCUT2D eigenvalue weighted by atomic mass is 10.2. The number of amides is 1. The van der Waals surface area contributed by atoms with E-state index < -0.39 is 11.9 Å². The molecule has 0 aliphatic carbocycles. The number of nitrogens with zero attached hydrogens (tertiary/aromatic N) is 2. The molecule has 3 N–H and O–H groups in total. The molecule has 1 amide bonds. The molecule has 1 atom stereocenters. The number of halogens is 3. The first-order valence-electron chi connectivity index (χ1n) is 6.12. The average molecular weight is 289 g/mol. The standard InChI is InChI=1S/C11H14F3N5O/c1-2-15-10-18-7(11(12,13)14)4-8(19-10)17-6-3-9(20)16-5-6/h4,6H,2-3,5H2,1H3,(H,16,20)(H2,15,17,18,19). The lowest BCUT2D eigenvalue weighted by Gasteiger charge is -2.14. The number of nitrogens with one attached hydrogen (secondary N) is 3. The third kappa shape index (κ3) is 3.49. The third-order valence-corrected chi connectivity index (χ3v) is 2.68. The zero-order chi connectivity index (χ0) is 14.8. The van der Waals surface area contributed by atoms with Crippen LogP contribution < -0.4 is 16.0 Å². The summed E-state index contributed by atoms with van der Waals surface area (Å²) >= 11 is 0. The fourth-order valence-electron chi connectivity index (χ4n) is 1.82. The van der Waals surface area contributed by atoms with Crippen LogP contribution in [0, 0.1) is 0 Å². The predicted molar refractivity (Wildman–Crippen MR) is 66.2 cm³/mol. The molecule has 9 heteroatoms. The summed E-state index contributed by atoms with van der Waals surface area (Å²) in [5.41, 5.74) is -1.02. The Balaban J connectivity index is 2.22. The molecule has 1 aliphatic heterocycles. The van der Waals surface area contributed by atoms with Crippen molar-refractivity contribution in [3.63, 3.8) is 0 Å². The monoisotopic (exact) mass is 289 g/mol. The van der Waals surface area contributed by atoms with Gasteiger partial charge in [0.2, 0.25) is 11.9 Å². The van der Waals surface area contributed by atoms with Gasteiger partial charge in [-0.2, -0.15) is 18.2 Å². The molecule has 0 aromatic carbocycles. The molecular weight excluding hydrogens is 275 g/mol. The number of rotatable bonds is 4. The molecule has 1 fully saturated rings. The predicted octanol–water partition coefficient (Wildman–Crippen LogP) is 1.23. The van der Waals surface area contributed by atoms with Crippen molar-refractivity contribution in [2.45, 2.75) is 25.6 Å². The van der Waals surface area contributed by atoms with E-state index in [9.17, 15) is 18.0 Å². The Kier molecular flexibility index (Phi) is 3.96. The molecule has 6 nitrogen and oxygen atoms in total. The quantitative estimate of drug-likeness (QED) is 0.777. The van der Waals surface area contributed by atoms with Crippen molar-refractivity contribution < 1.29 is 18.0 Å². The minimum absolute atomic E-state index is 0.0461. The van der Waals surface area contributed by atoms with E-state index in [1.807, 2.05) is 0 Å². The molecule has 110 valence electrons. The Morgan fingerprint density at radius 1 is 1.45 bits per heavy atom. The molecule has 0 spiro atoms. The van der Waals surface area contributed by atoms with Crippen molar-refractivity contribution >= 4 is 17.7 Å². The molecule has 0 bridgehead atoms. The molecular formula is C11H14F3N5O. The summed E-state index contributed by atoms with van der Waals surface area (Å²) in [6, 6.07) is 0.567. The second-order valence-corrected chi connectivity index (χ2v) is 4.34. The van der Waals surface area contributed by atoms with Gasteiger partial charge >= 0.3 is 6.18 Å². The van der Waals surface area contributed by atoms with Crippen LogP contribution in [0.2, 0.25) is 0 Å². The van der Waals surface area contributed by atoms with Gasteiger partial charge in [0, 0.05) is 25.6 Å². The number of carbonyl (C=O) groups is 1. The van der Waals surface area contributed by atoms with E-state index in [1.165, 1.54) is 0 Å². The summed E-state index contributed by atoms with van der Waals surface area (Å²) in [5.74, 6) is -0.189. The first kappa shape index (κ1) is 14.4. The molecule has 1 aromatic rings. The summed E-state index contributed by atoms with van der Waals surface area (Å²) in [4.78, 5) is 18.4. The van der Waals surface area contributed by atoms with Gasteiger partial charge in [-0.15, -0.1) is 0 Å². The topological polar surface area (TPSA) is 78.9 Å². The Bertz CT molecular complexity index is 505. The van der Waals surface area contributed by atoms with Crippen molar-refractivity contribution in [2.24, 2.45) is 0 Å². The Hall–Kier alpha value is -2.06. The molecule has 0 saturated carbocycles. The van der Waals surface area contributed by atoms with Gasteiger partial charge in [0.1, 0.15) is 5.82 Å². The Morgan fingerprint density at radius 2 is 2.20 bits per heavy atom. The normalized spacial score (nSPS) is 18.8. The molecule has 2 heterocycles. The maximum atomic E-state index is 12.8. The summed E-state index contributed by atoms with van der Waals surface area (Å²) in [7, 11) is 0. The van der Waals surface area contributed by atoms with Crippen LogP contribution in [0.4, 0.5) is 24.9 Å². The molecule has 1 saturated heterocycles. The summed E-state index contributed by atoms with van der Waals surface area (Å²) in [6.07, 6.45) is -4.34. The van der Waals surface area contributed by atoms with Gasteiger partial charge < -0.3 is 16.0 Å². The number of aromatic nitrogens is 2. The minimum Gasteiger partial charge on any atom is -0.365 e. The lowest BCUT2D eigenvalue weighted by Crippen LogP contribution is -2.24. The van der Waals surface area contributed by atoms with Gasteiger partial charge in [-0.25, -0.2) is 4.98 Å². The van der Waals surface area contributed by atoms with Gasteiger partial charge in [0.05, 0.1) is 6.04 Å². The van der Waals surface area contributed by atoms with Crippen LogP contribution in [-0.2, 0) is 11.0 Å². The van der Waals surface area contributed by atoms with Crippen molar-refractivity contribution in [1.29, 1.82) is 0 Å². The number of hydrogen-bond acceptors (Lipinski definition) is 5. The van der Waals surface area contributed by atoms with Gasteiger partial charge in [-0.3, -0.25) is 4.79 Å². The van der Waals surface area contributed by atoms with Crippen LogP contribution in [0.1, 0.15) is 19.0 Å². The van der Waals surface area contributed by atoms with Crippen LogP contribution in [-0.4, -0.2) is 35.0 Å². The van der Waals surface area contributed by atoms with E-state index in [0.29, 0.717) is 13.1 Å². The first-order chi connectivity index (χ1) is 9.38. The highest BCUT2D eigenvalue weighted by Crippen LogP contribution is 2.29. The highest BCUT2D eigenvalue weighted by atomic mass is 19.4. The van der Waals surface area contributed by atoms with Crippen LogP contribution in [0.25, 0.3) is 0 Å². The smallest absolute Gasteiger partial charge is 0.365 e. The molecule has 2 rings (SSSR count). The Labute approximate surface area is 113 Å². The third-order valence-electron chi connectivity index (χ3n) is 2.68. The zero-order valence-electron chi connectivity index (χ0n) is 10.7. The van der Waals surface area contributed by atoms with Gasteiger partial charge in [-0.05, 0) is 6.92 Å². The van der Waals surface area contributed by atoms with Crippen molar-refractivity contribution in [3.8, 4) is 0 Å². The van der Waals surface area contributed by atoms with E-state index in [1.54, 1.807) is 6.92 Å². The number of alkyl halides is 3. The highest BCUT2D eigenvalue weighted by Gasteiger charge is 2.34. The molecule has 20 heavy (non-hydrogen) atoms. The number of anilines is 2. The van der Waals surface area contributed by atoms with Gasteiger partial charge in [-0.1, -0.05) is 0 Å². The molecule has 0 radical (unpaired) electrons. The maximum absolute atomic E-state index is 12.8. The largest absolute Gasteiger partial charge is 0.433 e. The molecule has 1 aromatic heterocycles. The van der Waals surface area contributed by atoms with E-state index in [2.05, 4.69) is 25.9 Å². The van der Waals surface area contributed by atoms with Crippen LogP contribution in [0.15, 0.2) is 6.07 Å². The second kappa shape index (κ2) is 5.51. The van der Waals surface area contributed by atoms with Gasteiger partial charge in [0.15, 0.2) is 5.69 Å². The van der Waals surface area contributed by atoms with Crippen molar-refractivity contribution in [1.82, 2.24) is 15.3 Å². The zero-order valence-corrected chi connectivity index (χ0v) is 10.7. The summed E-state index contributed by atoms with van der Waals surface area (Å²) < 4.78 is 38.3. The summed E-state index contributed by atoms with van der Waals surface area (Å²) in [5, 5.41) is 8.05. The van der Waals surface area contributed by atoms with E-state index in [0.717, 1.165) is 6.07 Å². The fourth-order valence-corrected chi connectivity index (χ4v) is 1.82. The SMILES string of the molecule is CCNc1nc(NC2CNC(=O)C2)cc(C(F)(F)F)n1. The van der Waals surface area contributed by atoms with Crippen LogP contribution >= 0.6 is 0 Å². The van der Waals surface area contributed by atoms with Crippen LogP contribution in [0.3, 0.4) is 0 Å². The average Bonchev–Trinajstić information content (AvgIpc) is 2.74. The number of carbonyl (C=O) groups excluding carboxylic acids is 1. The fraction of sp³-hybridized carbons (Fsp3) is 0.545. The Morgan fingerprint density at radius 3 is 2.75 bits per heavy atom. The lowest BCUT2D eigenvalue weighted by molar-refractivity contribution is -0.141. The highest BCUT2D eigenvalue weighted by molar-refractivity contribution is 5.79. The minimum atomic E-state index is -4.55. The summed E-state index contributed by atoms with van der Waals surface area (Å²) in [6.45, 7) is 2.50. The number of hydrogen-bond donors (Lipinski definition) is 3. The first-order valence-corrected chi connectivity index (χ1v) is 6.12. The van der Waals surface area contributed by atoms with Crippen LogP contribution in [0.5, 0.6) is 0 Å². The van der Waals surface area contributed by atoms with E-state index in [4.69, 9.17) is 0 Å². The maximum Gasteiger partial charge on any atom is 0.433 e. The molecule has 1 unspecified atom stereocenters. The van der Waals surface area contributed by atoms with Gasteiger partial charge in [0.25, 0.3) is 0 Å². The van der Waals surface area contributed by atoms with Crippen molar-refractivity contribution in [2.75, 3.05) is 23.7 Å². The van der Waals surface area contributed by atoms with E-state index in [-0.39, 0.29) is 30.1 Å². The van der Waals surface area contributed by atoms with Crippen molar-refractivity contribution in [3.05, 3.63) is 11.8 Å².